The molecule has 1 aromatic rings. The van der Waals surface area contributed by atoms with E-state index in [9.17, 15) is 4.79 Å². The van der Waals surface area contributed by atoms with Crippen LogP contribution in [0.15, 0.2) is 16.8 Å². The van der Waals surface area contributed by atoms with Crippen LogP contribution in [0.3, 0.4) is 0 Å². The summed E-state index contributed by atoms with van der Waals surface area (Å²) in [6, 6.07) is 1.25. The Morgan fingerprint density at radius 2 is 2.50 bits per heavy atom. The Hall–Kier alpha value is -0.870. The summed E-state index contributed by atoms with van der Waals surface area (Å²) in [6.07, 6.45) is 1.25. The molecule has 0 radical (unpaired) electrons. The van der Waals surface area contributed by atoms with Crippen molar-refractivity contribution >= 4 is 17.3 Å². The Morgan fingerprint density at radius 1 is 1.75 bits per heavy atom. The van der Waals surface area contributed by atoms with Crippen molar-refractivity contribution in [1.29, 1.82) is 0 Å². The summed E-state index contributed by atoms with van der Waals surface area (Å²) < 4.78 is 0. The molecule has 0 aromatic carbocycles. The lowest BCUT2D eigenvalue weighted by atomic mass is 10.1. The standard InChI is InChI=1S/C8H11NO2S/c9-7(8(10)11)2-1-6-3-4-12-5-6/h3-5,7H,1-2,9H2,(H,10,11)/t7-/m0/s1. The average Bonchev–Trinajstić information content (AvgIpc) is 2.51. The van der Waals surface area contributed by atoms with Gasteiger partial charge in [-0.3, -0.25) is 4.79 Å². The Kier molecular flexibility index (Phi) is 3.25. The number of rotatable bonds is 4. The van der Waals surface area contributed by atoms with Crippen LogP contribution in [0, 0.1) is 0 Å². The summed E-state index contributed by atoms with van der Waals surface area (Å²) >= 11 is 1.61. The molecule has 0 saturated heterocycles. The molecule has 0 saturated carbocycles. The molecule has 0 aliphatic rings. The number of thiophene rings is 1. The van der Waals surface area contributed by atoms with Gasteiger partial charge in [0, 0.05) is 0 Å². The molecule has 1 aromatic heterocycles. The van der Waals surface area contributed by atoms with Gasteiger partial charge in [-0.1, -0.05) is 0 Å². The number of carbonyl (C=O) groups is 1. The van der Waals surface area contributed by atoms with E-state index in [0.717, 1.165) is 12.0 Å². The molecule has 0 unspecified atom stereocenters. The minimum atomic E-state index is -0.926. The van der Waals surface area contributed by atoms with Gasteiger partial charge in [0.15, 0.2) is 0 Å². The molecule has 0 amide bonds. The van der Waals surface area contributed by atoms with Gasteiger partial charge >= 0.3 is 5.97 Å². The van der Waals surface area contributed by atoms with Crippen molar-refractivity contribution < 1.29 is 9.90 Å². The van der Waals surface area contributed by atoms with E-state index < -0.39 is 12.0 Å². The van der Waals surface area contributed by atoms with Crippen LogP contribution in [0.2, 0.25) is 0 Å². The maximum absolute atomic E-state index is 10.3. The van der Waals surface area contributed by atoms with E-state index in [1.165, 1.54) is 0 Å². The maximum atomic E-state index is 10.3. The number of hydrogen-bond acceptors (Lipinski definition) is 3. The van der Waals surface area contributed by atoms with Crippen molar-refractivity contribution in [3.8, 4) is 0 Å². The second-order valence-electron chi connectivity index (χ2n) is 2.62. The first-order chi connectivity index (χ1) is 5.70. The summed E-state index contributed by atoms with van der Waals surface area (Å²) in [5.41, 5.74) is 6.50. The summed E-state index contributed by atoms with van der Waals surface area (Å²) in [5.74, 6) is -0.926. The van der Waals surface area contributed by atoms with Crippen LogP contribution in [-0.2, 0) is 11.2 Å². The molecule has 12 heavy (non-hydrogen) atoms. The highest BCUT2D eigenvalue weighted by Gasteiger charge is 2.10. The highest BCUT2D eigenvalue weighted by Crippen LogP contribution is 2.09. The highest BCUT2D eigenvalue weighted by molar-refractivity contribution is 7.07. The zero-order chi connectivity index (χ0) is 8.97. The fourth-order valence-electron chi connectivity index (χ4n) is 0.881. The molecular formula is C8H11NO2S. The van der Waals surface area contributed by atoms with E-state index in [4.69, 9.17) is 10.8 Å². The van der Waals surface area contributed by atoms with Crippen molar-refractivity contribution in [2.24, 2.45) is 5.73 Å². The molecule has 0 bridgehead atoms. The van der Waals surface area contributed by atoms with Gasteiger partial charge in [-0.05, 0) is 35.2 Å². The molecule has 1 atom stereocenters. The number of carboxylic acid groups (broad SMARTS) is 1. The monoisotopic (exact) mass is 185 g/mol. The predicted molar refractivity (Wildman–Crippen MR) is 48.3 cm³/mol. The fraction of sp³-hybridized carbons (Fsp3) is 0.375. The Labute approximate surface area is 74.8 Å². The van der Waals surface area contributed by atoms with Crippen LogP contribution >= 0.6 is 11.3 Å². The molecule has 3 N–H and O–H groups in total. The van der Waals surface area contributed by atoms with Gasteiger partial charge in [-0.2, -0.15) is 11.3 Å². The minimum Gasteiger partial charge on any atom is -0.480 e. The molecule has 3 nitrogen and oxygen atoms in total. The zero-order valence-electron chi connectivity index (χ0n) is 6.56. The zero-order valence-corrected chi connectivity index (χ0v) is 7.38. The SMILES string of the molecule is N[C@@H](CCc1ccsc1)C(=O)O. The van der Waals surface area contributed by atoms with Crippen molar-refractivity contribution in [3.63, 3.8) is 0 Å². The molecule has 1 rings (SSSR count). The van der Waals surface area contributed by atoms with E-state index in [0.29, 0.717) is 6.42 Å². The summed E-state index contributed by atoms with van der Waals surface area (Å²) in [5, 5.41) is 12.5. The molecule has 0 fully saturated rings. The lowest BCUT2D eigenvalue weighted by Crippen LogP contribution is -2.30. The number of nitrogens with two attached hydrogens (primary N) is 1. The molecule has 1 heterocycles. The van der Waals surface area contributed by atoms with E-state index in [-0.39, 0.29) is 0 Å². The van der Waals surface area contributed by atoms with Gasteiger partial charge in [0.1, 0.15) is 6.04 Å². The van der Waals surface area contributed by atoms with E-state index in [1.807, 2.05) is 16.8 Å². The quantitative estimate of drug-likeness (QED) is 0.738. The van der Waals surface area contributed by atoms with Crippen LogP contribution in [0.4, 0.5) is 0 Å². The Balaban J connectivity index is 2.31. The number of carboxylic acids is 1. The molecule has 0 aliphatic carbocycles. The van der Waals surface area contributed by atoms with E-state index in [1.54, 1.807) is 11.3 Å². The van der Waals surface area contributed by atoms with Gasteiger partial charge in [0.2, 0.25) is 0 Å². The second-order valence-corrected chi connectivity index (χ2v) is 3.40. The van der Waals surface area contributed by atoms with Gasteiger partial charge in [-0.15, -0.1) is 0 Å². The first kappa shape index (κ1) is 9.22. The first-order valence-corrected chi connectivity index (χ1v) is 4.64. The maximum Gasteiger partial charge on any atom is 0.320 e. The van der Waals surface area contributed by atoms with Crippen LogP contribution in [0.25, 0.3) is 0 Å². The molecular weight excluding hydrogens is 174 g/mol. The van der Waals surface area contributed by atoms with Crippen LogP contribution in [-0.4, -0.2) is 17.1 Å². The Morgan fingerprint density at radius 3 is 3.00 bits per heavy atom. The van der Waals surface area contributed by atoms with E-state index >= 15 is 0 Å². The van der Waals surface area contributed by atoms with Gasteiger partial charge in [0.25, 0.3) is 0 Å². The molecule has 0 aliphatic heterocycles. The lowest BCUT2D eigenvalue weighted by molar-refractivity contribution is -0.138. The normalized spacial score (nSPS) is 12.8. The third kappa shape index (κ3) is 2.64. The lowest BCUT2D eigenvalue weighted by Gasteiger charge is -2.03. The third-order valence-corrected chi connectivity index (χ3v) is 2.37. The average molecular weight is 185 g/mol. The Bertz CT molecular complexity index is 246. The van der Waals surface area contributed by atoms with Crippen LogP contribution in [0.1, 0.15) is 12.0 Å². The number of hydrogen-bond donors (Lipinski definition) is 2. The summed E-state index contributed by atoms with van der Waals surface area (Å²) in [6.45, 7) is 0. The summed E-state index contributed by atoms with van der Waals surface area (Å²) in [4.78, 5) is 10.3. The molecule has 4 heteroatoms. The fourth-order valence-corrected chi connectivity index (χ4v) is 1.58. The predicted octanol–water partition coefficient (Wildman–Crippen LogP) is 1.09. The number of aryl methyl sites for hydroxylation is 1. The highest BCUT2D eigenvalue weighted by atomic mass is 32.1. The van der Waals surface area contributed by atoms with Gasteiger partial charge in [-0.25, -0.2) is 0 Å². The van der Waals surface area contributed by atoms with E-state index in [2.05, 4.69) is 0 Å². The topological polar surface area (TPSA) is 63.3 Å². The second kappa shape index (κ2) is 4.23. The van der Waals surface area contributed by atoms with Crippen molar-refractivity contribution in [1.82, 2.24) is 0 Å². The molecule has 66 valence electrons. The minimum absolute atomic E-state index is 0.506. The first-order valence-electron chi connectivity index (χ1n) is 3.69. The van der Waals surface area contributed by atoms with Crippen LogP contribution in [0.5, 0.6) is 0 Å². The summed E-state index contributed by atoms with van der Waals surface area (Å²) in [7, 11) is 0. The van der Waals surface area contributed by atoms with Crippen molar-refractivity contribution in [2.75, 3.05) is 0 Å². The van der Waals surface area contributed by atoms with Gasteiger partial charge in [0.05, 0.1) is 0 Å². The number of aliphatic carboxylic acids is 1. The molecule has 0 spiro atoms. The van der Waals surface area contributed by atoms with Crippen LogP contribution < -0.4 is 5.73 Å². The third-order valence-electron chi connectivity index (χ3n) is 1.64. The smallest absolute Gasteiger partial charge is 0.320 e. The van der Waals surface area contributed by atoms with Gasteiger partial charge < -0.3 is 10.8 Å². The van der Waals surface area contributed by atoms with Crippen molar-refractivity contribution in [3.05, 3.63) is 22.4 Å². The largest absolute Gasteiger partial charge is 0.480 e. The van der Waals surface area contributed by atoms with Crippen molar-refractivity contribution in [2.45, 2.75) is 18.9 Å².